The fourth-order valence-electron chi connectivity index (χ4n) is 2.91. The molecule has 1 atom stereocenters. The molecular formula is C19H13BrN2O3. The number of allylic oxidation sites excluding steroid dienone is 1. The lowest BCUT2D eigenvalue weighted by atomic mass is 9.89. The predicted octanol–water partition coefficient (Wildman–Crippen LogP) is 3.39. The third-order valence-corrected chi connectivity index (χ3v) is 4.60. The van der Waals surface area contributed by atoms with Gasteiger partial charge in [0.15, 0.2) is 0 Å². The van der Waals surface area contributed by atoms with Gasteiger partial charge in [0.05, 0.1) is 5.56 Å². The summed E-state index contributed by atoms with van der Waals surface area (Å²) in [6, 6.07) is 17.3. The van der Waals surface area contributed by atoms with Gasteiger partial charge in [-0.25, -0.2) is 4.79 Å². The normalized spacial score (nSPS) is 15.9. The largest absolute Gasteiger partial charge is 0.440 e. The summed E-state index contributed by atoms with van der Waals surface area (Å²) in [5.41, 5.74) is 1.15. The van der Waals surface area contributed by atoms with Crippen molar-refractivity contribution in [3.8, 4) is 5.88 Å². The van der Waals surface area contributed by atoms with Crippen LogP contribution in [-0.2, 0) is 0 Å². The molecule has 3 aromatic rings. The number of ether oxygens (including phenoxy) is 1. The van der Waals surface area contributed by atoms with Crippen LogP contribution in [-0.4, -0.2) is 9.97 Å². The van der Waals surface area contributed by atoms with Crippen LogP contribution in [0.1, 0.15) is 22.6 Å². The Morgan fingerprint density at radius 3 is 2.36 bits per heavy atom. The second-order valence-corrected chi connectivity index (χ2v) is 6.59. The molecule has 0 unspecified atom stereocenters. The van der Waals surface area contributed by atoms with Crippen molar-refractivity contribution < 1.29 is 4.74 Å². The molecule has 0 spiro atoms. The van der Waals surface area contributed by atoms with Crippen LogP contribution in [0.25, 0.3) is 5.76 Å². The van der Waals surface area contributed by atoms with E-state index in [4.69, 9.17) is 4.74 Å². The minimum atomic E-state index is -0.590. The zero-order valence-corrected chi connectivity index (χ0v) is 14.5. The van der Waals surface area contributed by atoms with Crippen molar-refractivity contribution in [2.24, 2.45) is 0 Å². The number of hydrogen-bond acceptors (Lipinski definition) is 3. The standard InChI is InChI=1S/C19H13BrN2O3/c20-13-8-6-11(7-9-13)14-10-15(12-4-2-1-3-5-12)25-18-16(14)17(23)21-19(24)22-18/h1-10,14H,(H2,21,22,23,24)/t14-/m1/s1. The average Bonchev–Trinajstić information content (AvgIpc) is 2.62. The average molecular weight is 397 g/mol. The summed E-state index contributed by atoms with van der Waals surface area (Å²) >= 11 is 3.42. The summed E-state index contributed by atoms with van der Waals surface area (Å²) in [5, 5.41) is 0. The molecule has 1 aliphatic heterocycles. The van der Waals surface area contributed by atoms with E-state index in [0.29, 0.717) is 11.3 Å². The van der Waals surface area contributed by atoms with E-state index in [2.05, 4.69) is 25.9 Å². The lowest BCUT2D eigenvalue weighted by Crippen LogP contribution is -2.30. The van der Waals surface area contributed by atoms with Gasteiger partial charge in [0.2, 0.25) is 5.88 Å². The molecular weight excluding hydrogens is 384 g/mol. The second kappa shape index (κ2) is 6.22. The molecule has 0 amide bonds. The Morgan fingerprint density at radius 1 is 0.920 bits per heavy atom. The molecule has 2 N–H and O–H groups in total. The van der Waals surface area contributed by atoms with E-state index in [0.717, 1.165) is 15.6 Å². The van der Waals surface area contributed by atoms with E-state index >= 15 is 0 Å². The van der Waals surface area contributed by atoms with E-state index < -0.39 is 11.2 Å². The third kappa shape index (κ3) is 2.96. The number of aromatic nitrogens is 2. The van der Waals surface area contributed by atoms with E-state index in [-0.39, 0.29) is 11.8 Å². The molecule has 0 aliphatic carbocycles. The molecule has 4 rings (SSSR count). The maximum Gasteiger partial charge on any atom is 0.328 e. The highest BCUT2D eigenvalue weighted by Gasteiger charge is 2.28. The van der Waals surface area contributed by atoms with Crippen LogP contribution in [0, 0.1) is 0 Å². The van der Waals surface area contributed by atoms with E-state index in [1.807, 2.05) is 60.7 Å². The van der Waals surface area contributed by atoms with E-state index in [1.165, 1.54) is 0 Å². The molecule has 0 radical (unpaired) electrons. The number of aromatic amines is 2. The number of H-pyrrole nitrogens is 2. The third-order valence-electron chi connectivity index (χ3n) is 4.07. The molecule has 1 aromatic heterocycles. The maximum atomic E-state index is 12.4. The fourth-order valence-corrected chi connectivity index (χ4v) is 3.17. The first kappa shape index (κ1) is 15.7. The lowest BCUT2D eigenvalue weighted by molar-refractivity contribution is 0.464. The quantitative estimate of drug-likeness (QED) is 0.696. The number of hydrogen-bond donors (Lipinski definition) is 2. The highest BCUT2D eigenvalue weighted by atomic mass is 79.9. The molecule has 0 saturated carbocycles. The number of halogens is 1. The molecule has 5 nitrogen and oxygen atoms in total. The van der Waals surface area contributed by atoms with Gasteiger partial charge < -0.3 is 4.74 Å². The number of benzene rings is 2. The number of rotatable bonds is 2. The minimum Gasteiger partial charge on any atom is -0.440 e. The van der Waals surface area contributed by atoms with Gasteiger partial charge in [0, 0.05) is 16.0 Å². The summed E-state index contributed by atoms with van der Waals surface area (Å²) in [7, 11) is 0. The van der Waals surface area contributed by atoms with Gasteiger partial charge in [0.1, 0.15) is 5.76 Å². The van der Waals surface area contributed by atoms with Gasteiger partial charge in [-0.1, -0.05) is 58.4 Å². The van der Waals surface area contributed by atoms with Crippen molar-refractivity contribution >= 4 is 21.7 Å². The summed E-state index contributed by atoms with van der Waals surface area (Å²) in [6.07, 6.45) is 1.90. The Kier molecular flexibility index (Phi) is 3.89. The summed E-state index contributed by atoms with van der Waals surface area (Å²) < 4.78 is 6.78. The Balaban J connectivity index is 1.93. The highest BCUT2D eigenvalue weighted by molar-refractivity contribution is 9.10. The topological polar surface area (TPSA) is 75.0 Å². The van der Waals surface area contributed by atoms with Crippen molar-refractivity contribution in [2.45, 2.75) is 5.92 Å². The molecule has 124 valence electrons. The van der Waals surface area contributed by atoms with Gasteiger partial charge in [-0.05, 0) is 23.8 Å². The van der Waals surface area contributed by atoms with Crippen LogP contribution < -0.4 is 16.0 Å². The molecule has 0 fully saturated rings. The van der Waals surface area contributed by atoms with Crippen molar-refractivity contribution in [3.05, 3.63) is 103 Å². The van der Waals surface area contributed by atoms with Crippen molar-refractivity contribution in [1.82, 2.24) is 9.97 Å². The highest BCUT2D eigenvalue weighted by Crippen LogP contribution is 2.37. The van der Waals surface area contributed by atoms with Crippen LogP contribution in [0.3, 0.4) is 0 Å². The van der Waals surface area contributed by atoms with Crippen LogP contribution in [0.4, 0.5) is 0 Å². The Hall–Kier alpha value is -2.86. The minimum absolute atomic E-state index is 0.183. The first-order chi connectivity index (χ1) is 12.1. The second-order valence-electron chi connectivity index (χ2n) is 5.68. The van der Waals surface area contributed by atoms with E-state index in [1.54, 1.807) is 0 Å². The summed E-state index contributed by atoms with van der Waals surface area (Å²) in [5.74, 6) is 0.456. The predicted molar refractivity (Wildman–Crippen MR) is 98.7 cm³/mol. The summed E-state index contributed by atoms with van der Waals surface area (Å²) in [6.45, 7) is 0. The van der Waals surface area contributed by atoms with Crippen molar-refractivity contribution in [1.29, 1.82) is 0 Å². The number of nitrogens with one attached hydrogen (secondary N) is 2. The number of fused-ring (bicyclic) bond motifs is 1. The first-order valence-electron chi connectivity index (χ1n) is 7.69. The van der Waals surface area contributed by atoms with Crippen LogP contribution in [0.2, 0.25) is 0 Å². The molecule has 6 heteroatoms. The molecule has 2 heterocycles. The molecule has 0 saturated heterocycles. The lowest BCUT2D eigenvalue weighted by Gasteiger charge is -2.24. The first-order valence-corrected chi connectivity index (χ1v) is 8.48. The smallest absolute Gasteiger partial charge is 0.328 e. The van der Waals surface area contributed by atoms with Gasteiger partial charge in [-0.2, -0.15) is 0 Å². The zero-order chi connectivity index (χ0) is 17.4. The molecule has 25 heavy (non-hydrogen) atoms. The monoisotopic (exact) mass is 396 g/mol. The Bertz CT molecular complexity index is 1070. The Morgan fingerprint density at radius 2 is 1.64 bits per heavy atom. The van der Waals surface area contributed by atoms with Crippen LogP contribution >= 0.6 is 15.9 Å². The molecule has 1 aliphatic rings. The van der Waals surface area contributed by atoms with Crippen molar-refractivity contribution in [3.63, 3.8) is 0 Å². The van der Waals surface area contributed by atoms with Gasteiger partial charge >= 0.3 is 5.69 Å². The van der Waals surface area contributed by atoms with Crippen LogP contribution in [0.5, 0.6) is 5.88 Å². The summed E-state index contributed by atoms with van der Waals surface area (Å²) in [4.78, 5) is 28.9. The van der Waals surface area contributed by atoms with E-state index in [9.17, 15) is 9.59 Å². The SMILES string of the molecule is O=c1[nH]c2c(c(=O)[nH]1)[C@@H](c1ccc(Br)cc1)C=C(c1ccccc1)O2. The van der Waals surface area contributed by atoms with Gasteiger partial charge in [-0.3, -0.25) is 14.8 Å². The molecule has 0 bridgehead atoms. The molecule has 2 aromatic carbocycles. The van der Waals surface area contributed by atoms with Crippen LogP contribution in [0.15, 0.2) is 74.7 Å². The van der Waals surface area contributed by atoms with Gasteiger partial charge in [-0.15, -0.1) is 0 Å². The van der Waals surface area contributed by atoms with Crippen molar-refractivity contribution in [2.75, 3.05) is 0 Å². The maximum absolute atomic E-state index is 12.4. The Labute approximate surface area is 151 Å². The van der Waals surface area contributed by atoms with Gasteiger partial charge in [0.25, 0.3) is 5.56 Å². The zero-order valence-electron chi connectivity index (χ0n) is 13.0. The fraction of sp³-hybridized carbons (Fsp3) is 0.0526.